The van der Waals surface area contributed by atoms with E-state index in [0.717, 1.165) is 36.6 Å². The molecule has 3 N–H and O–H groups in total. The predicted octanol–water partition coefficient (Wildman–Crippen LogP) is 2.45. The molecule has 0 aliphatic heterocycles. The van der Waals surface area contributed by atoms with Crippen molar-refractivity contribution in [3.05, 3.63) is 36.0 Å². The molecule has 0 atom stereocenters. The van der Waals surface area contributed by atoms with E-state index < -0.39 is 0 Å². The number of hydrogen-bond donors (Lipinski definition) is 3. The lowest BCUT2D eigenvalue weighted by molar-refractivity contribution is 0.0953. The third-order valence-electron chi connectivity index (χ3n) is 3.19. The zero-order chi connectivity index (χ0) is 13.5. The van der Waals surface area contributed by atoms with Crippen LogP contribution in [0, 0.1) is 0 Å². The summed E-state index contributed by atoms with van der Waals surface area (Å²) >= 11 is 0. The van der Waals surface area contributed by atoms with E-state index in [1.54, 1.807) is 0 Å². The number of fused-ring (bicyclic) bond motifs is 1. The van der Waals surface area contributed by atoms with Gasteiger partial charge in [0.1, 0.15) is 0 Å². The van der Waals surface area contributed by atoms with Gasteiger partial charge in [-0.3, -0.25) is 4.79 Å². The average Bonchev–Trinajstić information content (AvgIpc) is 2.89. The second kappa shape index (κ2) is 6.95. The number of benzene rings is 1. The first kappa shape index (κ1) is 13.6. The van der Waals surface area contributed by atoms with E-state index in [0.29, 0.717) is 12.1 Å². The van der Waals surface area contributed by atoms with Gasteiger partial charge in [0.2, 0.25) is 0 Å². The van der Waals surface area contributed by atoms with Crippen molar-refractivity contribution in [2.45, 2.75) is 25.7 Å². The molecule has 1 aromatic carbocycles. The molecule has 2 rings (SSSR count). The van der Waals surface area contributed by atoms with Crippen LogP contribution in [0.2, 0.25) is 0 Å². The molecule has 1 aromatic heterocycles. The fourth-order valence-electron chi connectivity index (χ4n) is 2.08. The Labute approximate surface area is 112 Å². The Hall–Kier alpha value is -1.81. The first-order valence-electron chi connectivity index (χ1n) is 6.77. The van der Waals surface area contributed by atoms with Gasteiger partial charge in [0, 0.05) is 30.4 Å². The van der Waals surface area contributed by atoms with Gasteiger partial charge in [-0.2, -0.15) is 0 Å². The highest BCUT2D eigenvalue weighted by molar-refractivity contribution is 5.97. The Balaban J connectivity index is 1.79. The van der Waals surface area contributed by atoms with Crippen LogP contribution in [-0.4, -0.2) is 29.1 Å². The van der Waals surface area contributed by atoms with Crippen LogP contribution in [0.3, 0.4) is 0 Å². The topological polar surface area (TPSA) is 65.1 Å². The number of aromatic amines is 1. The van der Waals surface area contributed by atoms with Gasteiger partial charge in [-0.05, 0) is 36.4 Å². The third kappa shape index (κ3) is 3.83. The van der Waals surface area contributed by atoms with Gasteiger partial charge in [-0.15, -0.1) is 0 Å². The first-order chi connectivity index (χ1) is 9.31. The van der Waals surface area contributed by atoms with Crippen molar-refractivity contribution in [3.8, 4) is 0 Å². The quantitative estimate of drug-likeness (QED) is 0.669. The summed E-state index contributed by atoms with van der Waals surface area (Å²) in [4.78, 5) is 15.0. The summed E-state index contributed by atoms with van der Waals surface area (Å²) in [6.45, 7) is 0.940. The number of rotatable bonds is 7. The molecule has 0 unspecified atom stereocenters. The number of H-pyrrole nitrogens is 1. The molecule has 0 fully saturated rings. The molecule has 0 aliphatic rings. The molecular formula is C15H20N2O2. The highest BCUT2D eigenvalue weighted by atomic mass is 16.2. The van der Waals surface area contributed by atoms with Crippen LogP contribution in [0.4, 0.5) is 0 Å². The van der Waals surface area contributed by atoms with Crippen LogP contribution in [-0.2, 0) is 0 Å². The van der Waals surface area contributed by atoms with Crippen molar-refractivity contribution in [1.82, 2.24) is 10.3 Å². The molecule has 2 aromatic rings. The second-order valence-electron chi connectivity index (χ2n) is 4.67. The van der Waals surface area contributed by atoms with Crippen LogP contribution >= 0.6 is 0 Å². The van der Waals surface area contributed by atoms with Gasteiger partial charge < -0.3 is 15.4 Å². The van der Waals surface area contributed by atoms with Gasteiger partial charge in [-0.25, -0.2) is 0 Å². The Morgan fingerprint density at radius 1 is 1.16 bits per heavy atom. The maximum Gasteiger partial charge on any atom is 0.251 e. The summed E-state index contributed by atoms with van der Waals surface area (Å²) in [6, 6.07) is 7.65. The largest absolute Gasteiger partial charge is 0.396 e. The van der Waals surface area contributed by atoms with Gasteiger partial charge in [0.15, 0.2) is 0 Å². The minimum atomic E-state index is -0.0290. The first-order valence-corrected chi connectivity index (χ1v) is 6.77. The van der Waals surface area contributed by atoms with E-state index in [2.05, 4.69) is 10.3 Å². The standard InChI is InChI=1S/C15H20N2O2/c18-10-4-2-1-3-8-17-15(19)13-6-5-12-7-9-16-14(12)11-13/h5-7,9,11,16,18H,1-4,8,10H2,(H,17,19). The number of hydrogen-bond acceptors (Lipinski definition) is 2. The number of carbonyl (C=O) groups is 1. The van der Waals surface area contributed by atoms with Crippen LogP contribution in [0.5, 0.6) is 0 Å². The van der Waals surface area contributed by atoms with E-state index in [4.69, 9.17) is 5.11 Å². The number of carbonyl (C=O) groups excluding carboxylic acids is 1. The number of nitrogens with one attached hydrogen (secondary N) is 2. The zero-order valence-corrected chi connectivity index (χ0v) is 11.0. The number of unbranched alkanes of at least 4 members (excludes halogenated alkanes) is 3. The minimum Gasteiger partial charge on any atom is -0.396 e. The molecule has 0 saturated heterocycles. The number of aromatic nitrogens is 1. The van der Waals surface area contributed by atoms with Crippen molar-refractivity contribution < 1.29 is 9.90 Å². The highest BCUT2D eigenvalue weighted by Crippen LogP contribution is 2.14. The van der Waals surface area contributed by atoms with Gasteiger partial charge in [0.25, 0.3) is 5.91 Å². The van der Waals surface area contributed by atoms with E-state index in [1.807, 2.05) is 30.5 Å². The summed E-state index contributed by atoms with van der Waals surface area (Å²) in [6.07, 6.45) is 5.72. The van der Waals surface area contributed by atoms with Gasteiger partial charge in [-0.1, -0.05) is 18.9 Å². The van der Waals surface area contributed by atoms with Crippen LogP contribution in [0.15, 0.2) is 30.5 Å². The lowest BCUT2D eigenvalue weighted by Crippen LogP contribution is -2.24. The molecule has 0 bridgehead atoms. The summed E-state index contributed by atoms with van der Waals surface area (Å²) in [5.41, 5.74) is 1.67. The van der Waals surface area contributed by atoms with E-state index in [-0.39, 0.29) is 12.5 Å². The fourth-order valence-corrected chi connectivity index (χ4v) is 2.08. The van der Waals surface area contributed by atoms with E-state index in [9.17, 15) is 4.79 Å². The number of amides is 1. The zero-order valence-electron chi connectivity index (χ0n) is 11.0. The summed E-state index contributed by atoms with van der Waals surface area (Å²) in [5.74, 6) is -0.0290. The molecule has 4 heteroatoms. The van der Waals surface area contributed by atoms with E-state index in [1.165, 1.54) is 0 Å². The number of aliphatic hydroxyl groups is 1. The summed E-state index contributed by atoms with van der Waals surface area (Å²) < 4.78 is 0. The monoisotopic (exact) mass is 260 g/mol. The molecule has 0 aliphatic carbocycles. The normalized spacial score (nSPS) is 10.8. The summed E-state index contributed by atoms with van der Waals surface area (Å²) in [7, 11) is 0. The summed E-state index contributed by atoms with van der Waals surface area (Å²) in [5, 5.41) is 12.7. The Bertz CT molecular complexity index is 534. The van der Waals surface area contributed by atoms with Crippen molar-refractivity contribution in [2.75, 3.05) is 13.2 Å². The molecule has 1 amide bonds. The molecule has 0 saturated carbocycles. The van der Waals surface area contributed by atoms with E-state index >= 15 is 0 Å². The second-order valence-corrected chi connectivity index (χ2v) is 4.67. The van der Waals surface area contributed by atoms with Gasteiger partial charge in [0.05, 0.1) is 0 Å². The molecule has 1 heterocycles. The van der Waals surface area contributed by atoms with Crippen molar-refractivity contribution in [3.63, 3.8) is 0 Å². The SMILES string of the molecule is O=C(NCCCCCCO)c1ccc2cc[nH]c2c1. The molecule has 102 valence electrons. The van der Waals surface area contributed by atoms with Crippen molar-refractivity contribution in [2.24, 2.45) is 0 Å². The molecule has 4 nitrogen and oxygen atoms in total. The highest BCUT2D eigenvalue weighted by Gasteiger charge is 2.05. The Kier molecular flexibility index (Phi) is 4.98. The molecule has 19 heavy (non-hydrogen) atoms. The smallest absolute Gasteiger partial charge is 0.251 e. The average molecular weight is 260 g/mol. The third-order valence-corrected chi connectivity index (χ3v) is 3.19. The minimum absolute atomic E-state index is 0.0290. The maximum atomic E-state index is 11.9. The Morgan fingerprint density at radius 2 is 2.00 bits per heavy atom. The lowest BCUT2D eigenvalue weighted by atomic mass is 10.1. The molecular weight excluding hydrogens is 240 g/mol. The van der Waals surface area contributed by atoms with Crippen molar-refractivity contribution >= 4 is 16.8 Å². The molecule has 0 spiro atoms. The van der Waals surface area contributed by atoms with Crippen molar-refractivity contribution in [1.29, 1.82) is 0 Å². The van der Waals surface area contributed by atoms with Gasteiger partial charge >= 0.3 is 0 Å². The van der Waals surface area contributed by atoms with Crippen LogP contribution in [0.1, 0.15) is 36.0 Å². The van der Waals surface area contributed by atoms with Crippen LogP contribution < -0.4 is 5.32 Å². The Morgan fingerprint density at radius 3 is 2.84 bits per heavy atom. The maximum absolute atomic E-state index is 11.9. The predicted molar refractivity (Wildman–Crippen MR) is 76.2 cm³/mol. The fraction of sp³-hybridized carbons (Fsp3) is 0.400. The number of aliphatic hydroxyl groups excluding tert-OH is 1. The lowest BCUT2D eigenvalue weighted by Gasteiger charge is -2.05. The van der Waals surface area contributed by atoms with Crippen LogP contribution in [0.25, 0.3) is 10.9 Å². The molecule has 0 radical (unpaired) electrons.